The minimum atomic E-state index is -2.34. The van der Waals surface area contributed by atoms with Crippen molar-refractivity contribution in [1.29, 1.82) is 0 Å². The molecule has 0 heterocycles. The maximum atomic E-state index is 13.5. The average molecular weight is 1170 g/mol. The van der Waals surface area contributed by atoms with Crippen LogP contribution in [0.1, 0.15) is 57.4 Å². The van der Waals surface area contributed by atoms with Crippen molar-refractivity contribution in [2.24, 2.45) is 0 Å². The molecule has 5 aromatic carbocycles. The molecule has 0 aliphatic carbocycles. The average Bonchev–Trinajstić information content (AvgIpc) is 3.62. The summed E-state index contributed by atoms with van der Waals surface area (Å²) in [5.74, 6) is -12.7. The largest absolute Gasteiger partial charge is 0.490 e. The molecule has 0 unspecified atom stereocenters. The third kappa shape index (κ3) is 29.6. The second-order valence-electron chi connectivity index (χ2n) is 17.5. The van der Waals surface area contributed by atoms with Gasteiger partial charge >= 0.3 is 18.0 Å². The number of alkyl carbamates (subject to hydrolysis) is 1. The summed E-state index contributed by atoms with van der Waals surface area (Å²) in [6.45, 7) is 25.8. The lowest BCUT2D eigenvalue weighted by molar-refractivity contribution is 0.00415. The van der Waals surface area contributed by atoms with E-state index in [0.717, 1.165) is 17.7 Å². The number of carboxylic acid groups (broad SMARTS) is 1. The number of esters is 1. The standard InChI is InChI=1S/C19H29NO6.C16H9F5O3.C16H23NO3.C10H10O3/c1-3-9-26-18-6-4-17(5-7-18)19(21)20-8-10-23-13-14-25-16-15-24-12-11-22-2;1-2-7-23-9-5-3-8(4-6-9)16(22)24-15-13(20)11(18)10(17)12(19)14(15)21;1-5-12-19-14-8-6-13(7-9-14)10-11-17-15(18)20-16(2,3)4;1-2-7-13-9-5-3-8(4-6-9)10(11)12/h3-7H,1,8-16H2,2H3,(H,20,21);2-6H,1,7H2;5-9H,1,10-12H2,2-4H3,(H,17,18);2-6H,1,7H2,(H,11,12). The number of hydrogen-bond donors (Lipinski definition) is 3. The molecular formula is C61H71F5N2O15. The molecule has 0 saturated carbocycles. The highest BCUT2D eigenvalue weighted by molar-refractivity contribution is 5.94. The van der Waals surface area contributed by atoms with Crippen LogP contribution in [0, 0.1) is 29.1 Å². The number of hydrogen-bond acceptors (Lipinski definition) is 14. The first-order valence-electron chi connectivity index (χ1n) is 25.6. The molecule has 450 valence electrons. The van der Waals surface area contributed by atoms with Crippen LogP contribution in [0.5, 0.6) is 28.7 Å². The van der Waals surface area contributed by atoms with E-state index in [4.69, 9.17) is 47.7 Å². The predicted molar refractivity (Wildman–Crippen MR) is 301 cm³/mol. The van der Waals surface area contributed by atoms with Gasteiger partial charge in [0.05, 0.1) is 57.4 Å². The molecule has 0 fully saturated rings. The van der Waals surface area contributed by atoms with Gasteiger partial charge in [-0.1, -0.05) is 62.8 Å². The third-order valence-electron chi connectivity index (χ3n) is 9.86. The first kappa shape index (κ1) is 70.5. The Morgan fingerprint density at radius 2 is 0.867 bits per heavy atom. The molecule has 0 atom stereocenters. The van der Waals surface area contributed by atoms with Crippen LogP contribution in [0.25, 0.3) is 0 Å². The van der Waals surface area contributed by atoms with Gasteiger partial charge in [-0.2, -0.15) is 8.78 Å². The van der Waals surface area contributed by atoms with Gasteiger partial charge in [-0.25, -0.2) is 27.6 Å². The first-order chi connectivity index (χ1) is 39.8. The molecule has 0 spiro atoms. The van der Waals surface area contributed by atoms with Crippen LogP contribution in [-0.4, -0.2) is 128 Å². The number of carboxylic acids is 1. The van der Waals surface area contributed by atoms with E-state index >= 15 is 0 Å². The lowest BCUT2D eigenvalue weighted by atomic mass is 10.1. The topological polar surface area (TPSA) is 205 Å². The van der Waals surface area contributed by atoms with Crippen molar-refractivity contribution in [1.82, 2.24) is 10.6 Å². The molecule has 0 aromatic heterocycles. The lowest BCUT2D eigenvalue weighted by Crippen LogP contribution is -2.33. The fourth-order valence-electron chi connectivity index (χ4n) is 5.93. The maximum Gasteiger partial charge on any atom is 0.407 e. The molecule has 2 amide bonds. The highest BCUT2D eigenvalue weighted by Gasteiger charge is 2.29. The second kappa shape index (κ2) is 40.6. The third-order valence-corrected chi connectivity index (χ3v) is 9.86. The highest BCUT2D eigenvalue weighted by atomic mass is 19.2. The van der Waals surface area contributed by atoms with E-state index in [0.29, 0.717) is 102 Å². The van der Waals surface area contributed by atoms with E-state index < -0.39 is 52.4 Å². The molecule has 3 N–H and O–H groups in total. The summed E-state index contributed by atoms with van der Waals surface area (Å²) in [5, 5.41) is 14.1. The monoisotopic (exact) mass is 1170 g/mol. The van der Waals surface area contributed by atoms with Crippen molar-refractivity contribution < 1.29 is 93.6 Å². The zero-order valence-corrected chi connectivity index (χ0v) is 46.8. The second-order valence-corrected chi connectivity index (χ2v) is 17.5. The van der Waals surface area contributed by atoms with Crippen molar-refractivity contribution in [3.8, 4) is 28.7 Å². The van der Waals surface area contributed by atoms with E-state index in [2.05, 4.69) is 41.7 Å². The summed E-state index contributed by atoms with van der Waals surface area (Å²) in [6.07, 6.45) is 6.86. The molecule has 5 rings (SSSR count). The molecule has 22 heteroatoms. The minimum Gasteiger partial charge on any atom is -0.490 e. The highest BCUT2D eigenvalue weighted by Crippen LogP contribution is 2.30. The van der Waals surface area contributed by atoms with Gasteiger partial charge in [-0.15, -0.1) is 0 Å². The molecule has 0 aliphatic heterocycles. The number of amides is 2. The Hall–Kier alpha value is -8.57. The Bertz CT molecular complexity index is 2730. The van der Waals surface area contributed by atoms with Crippen molar-refractivity contribution in [3.05, 3.63) is 199 Å². The molecule has 17 nitrogen and oxygen atoms in total. The maximum absolute atomic E-state index is 13.5. The molecule has 0 saturated heterocycles. The minimum absolute atomic E-state index is 0.145. The summed E-state index contributed by atoms with van der Waals surface area (Å²) >= 11 is 0. The Morgan fingerprint density at radius 3 is 1.27 bits per heavy atom. The number of halogens is 5. The summed E-state index contributed by atoms with van der Waals surface area (Å²) in [7, 11) is 1.63. The Labute approximate surface area is 480 Å². The summed E-state index contributed by atoms with van der Waals surface area (Å²) < 4.78 is 117. The number of aromatic carboxylic acids is 1. The molecule has 0 bridgehead atoms. The zero-order valence-electron chi connectivity index (χ0n) is 46.8. The number of rotatable bonds is 31. The fourth-order valence-corrected chi connectivity index (χ4v) is 5.93. The first-order valence-corrected chi connectivity index (χ1v) is 25.6. The fraction of sp³-hybridized carbons (Fsp3) is 0.311. The van der Waals surface area contributed by atoms with E-state index in [1.165, 1.54) is 42.5 Å². The quantitative estimate of drug-likeness (QED) is 0.00718. The van der Waals surface area contributed by atoms with Gasteiger partial charge in [0.15, 0.2) is 0 Å². The molecule has 0 radical (unpaired) electrons. The Morgan fingerprint density at radius 1 is 0.494 bits per heavy atom. The number of benzene rings is 5. The summed E-state index contributed by atoms with van der Waals surface area (Å²) in [6, 6.07) is 26.1. The van der Waals surface area contributed by atoms with Gasteiger partial charge in [0, 0.05) is 25.8 Å². The molecule has 5 aromatic rings. The number of ether oxygens (including phenoxy) is 10. The van der Waals surface area contributed by atoms with Crippen molar-refractivity contribution >= 4 is 23.9 Å². The number of carbonyl (C=O) groups is 4. The molecular weight excluding hydrogens is 1100 g/mol. The normalized spacial score (nSPS) is 10.3. The Balaban J connectivity index is 0.000000387. The SMILES string of the molecule is C=CCOc1ccc(C(=O)NCCOCCOCCOCCOC)cc1.C=CCOc1ccc(C(=O)O)cc1.C=CCOc1ccc(C(=O)Oc2c(F)c(F)c(F)c(F)c2F)cc1.C=CCOc1ccc(CCNC(=O)OC(C)(C)C)cc1. The van der Waals surface area contributed by atoms with Crippen molar-refractivity contribution in [2.75, 3.05) is 92.9 Å². The van der Waals surface area contributed by atoms with Crippen LogP contribution in [0.2, 0.25) is 0 Å². The van der Waals surface area contributed by atoms with Gasteiger partial charge in [-0.05, 0) is 118 Å². The number of carbonyl (C=O) groups excluding carboxylic acids is 3. The van der Waals surface area contributed by atoms with Crippen LogP contribution in [0.15, 0.2) is 148 Å². The van der Waals surface area contributed by atoms with Gasteiger partial charge in [0.2, 0.25) is 34.8 Å². The van der Waals surface area contributed by atoms with Crippen molar-refractivity contribution in [3.63, 3.8) is 0 Å². The Kier molecular flexibility index (Phi) is 34.5. The van der Waals surface area contributed by atoms with Gasteiger partial charge in [-0.3, -0.25) is 4.79 Å². The van der Waals surface area contributed by atoms with Crippen LogP contribution in [0.3, 0.4) is 0 Å². The van der Waals surface area contributed by atoms with Crippen LogP contribution >= 0.6 is 0 Å². The van der Waals surface area contributed by atoms with Gasteiger partial charge in [0.25, 0.3) is 5.91 Å². The summed E-state index contributed by atoms with van der Waals surface area (Å²) in [5.41, 5.74) is 1.32. The van der Waals surface area contributed by atoms with E-state index in [9.17, 15) is 41.1 Å². The van der Waals surface area contributed by atoms with E-state index in [-0.39, 0.29) is 29.7 Å². The molecule has 83 heavy (non-hydrogen) atoms. The van der Waals surface area contributed by atoms with Crippen LogP contribution in [-0.2, 0) is 30.1 Å². The van der Waals surface area contributed by atoms with Crippen molar-refractivity contribution in [2.45, 2.75) is 32.8 Å². The van der Waals surface area contributed by atoms with E-state index in [1.807, 2.05) is 45.0 Å². The molecule has 0 aliphatic rings. The van der Waals surface area contributed by atoms with Gasteiger partial charge < -0.3 is 63.1 Å². The zero-order chi connectivity index (χ0) is 61.4. The summed E-state index contributed by atoms with van der Waals surface area (Å²) in [4.78, 5) is 45.7. The van der Waals surface area contributed by atoms with Crippen LogP contribution < -0.4 is 34.3 Å². The number of nitrogens with one attached hydrogen (secondary N) is 2. The van der Waals surface area contributed by atoms with E-state index in [1.54, 1.807) is 61.7 Å². The number of methoxy groups -OCH3 is 1. The van der Waals surface area contributed by atoms with Crippen LogP contribution in [0.4, 0.5) is 26.7 Å². The van der Waals surface area contributed by atoms with Gasteiger partial charge in [0.1, 0.15) is 55.0 Å². The lowest BCUT2D eigenvalue weighted by Gasteiger charge is -2.19. The predicted octanol–water partition coefficient (Wildman–Crippen LogP) is 11.1. The smallest absolute Gasteiger partial charge is 0.407 e.